The molecule has 2 heteroatoms. The molecule has 0 aromatic carbocycles. The van der Waals surface area contributed by atoms with Gasteiger partial charge in [0.05, 0.1) is 0 Å². The molecule has 0 saturated carbocycles. The largest absolute Gasteiger partial charge is 0.396 e. The van der Waals surface area contributed by atoms with E-state index in [1.807, 2.05) is 0 Å². The highest BCUT2D eigenvalue weighted by atomic mass is 27.1. The Labute approximate surface area is 97.0 Å². The van der Waals surface area contributed by atoms with Crippen LogP contribution < -0.4 is 0 Å². The molecule has 0 bridgehead atoms. The lowest BCUT2D eigenvalue weighted by Crippen LogP contribution is -2.03. The highest BCUT2D eigenvalue weighted by Gasteiger charge is 2.01. The van der Waals surface area contributed by atoms with E-state index in [4.69, 9.17) is 5.11 Å². The highest BCUT2D eigenvalue weighted by molar-refractivity contribution is 6.34. The van der Waals surface area contributed by atoms with Crippen LogP contribution in [-0.4, -0.2) is 26.9 Å². The van der Waals surface area contributed by atoms with Gasteiger partial charge in [0.1, 0.15) is 0 Å². The predicted molar refractivity (Wildman–Crippen MR) is 67.1 cm³/mol. The molecule has 0 heterocycles. The minimum atomic E-state index is 0.372. The summed E-state index contributed by atoms with van der Waals surface area (Å²) in [6, 6.07) is 0. The molecule has 1 radical (unpaired) electrons. The quantitative estimate of drug-likeness (QED) is 0.641. The summed E-state index contributed by atoms with van der Waals surface area (Å²) < 4.78 is 0. The topological polar surface area (TPSA) is 20.2 Å². The number of unbranched alkanes of at least 4 members (excludes halogenated alkanes) is 1. The molecule has 1 atom stereocenters. The maximum Gasteiger partial charge on any atom is 0.198 e. The number of hydrogen-bond donors (Lipinski definition) is 1. The lowest BCUT2D eigenvalue weighted by Gasteiger charge is -2.08. The van der Waals surface area contributed by atoms with Gasteiger partial charge in [0.2, 0.25) is 0 Å². The van der Waals surface area contributed by atoms with Gasteiger partial charge in [-0.25, -0.2) is 0 Å². The summed E-state index contributed by atoms with van der Waals surface area (Å²) in [5.74, 6) is 0.560. The summed E-state index contributed by atoms with van der Waals surface area (Å²) in [6.07, 6.45) is 4.83. The Hall–Kier alpha value is 0.492. The van der Waals surface area contributed by atoms with Crippen LogP contribution in [0.2, 0.25) is 10.6 Å². The van der Waals surface area contributed by atoms with E-state index in [0.29, 0.717) is 12.5 Å². The smallest absolute Gasteiger partial charge is 0.198 e. The third-order valence-electron chi connectivity index (χ3n) is 2.38. The van der Waals surface area contributed by atoms with Crippen LogP contribution >= 0.6 is 0 Å². The zero-order valence-corrected chi connectivity index (χ0v) is 11.7. The molecule has 0 aliphatic rings. The van der Waals surface area contributed by atoms with Gasteiger partial charge in [-0.15, -0.1) is 10.6 Å². The maximum atomic E-state index is 8.75. The van der Waals surface area contributed by atoms with Gasteiger partial charge in [0.15, 0.2) is 15.2 Å². The monoisotopic (exact) mass is 215 g/mol. The lowest BCUT2D eigenvalue weighted by molar-refractivity contribution is 0.212. The summed E-state index contributed by atoms with van der Waals surface area (Å²) in [7, 11) is 0. The second-order valence-electron chi connectivity index (χ2n) is 3.70. The van der Waals surface area contributed by atoms with Gasteiger partial charge in [-0.3, -0.25) is 0 Å². The van der Waals surface area contributed by atoms with Crippen molar-refractivity contribution in [2.75, 3.05) is 6.61 Å². The van der Waals surface area contributed by atoms with Gasteiger partial charge in [0.25, 0.3) is 0 Å². The van der Waals surface area contributed by atoms with Crippen molar-refractivity contribution in [1.29, 1.82) is 0 Å². The van der Waals surface area contributed by atoms with E-state index in [0.717, 1.165) is 21.6 Å². The Kier molecular flexibility index (Phi) is 19.3. The first-order valence-electron chi connectivity index (χ1n) is 6.19. The minimum Gasteiger partial charge on any atom is -0.396 e. The molecule has 0 aromatic heterocycles. The first-order valence-corrected chi connectivity index (χ1v) is 7.82. The molecule has 0 aromatic rings. The van der Waals surface area contributed by atoms with Crippen LogP contribution in [0.1, 0.15) is 53.4 Å². The summed E-state index contributed by atoms with van der Waals surface area (Å²) in [5.41, 5.74) is 0. The third-order valence-corrected chi connectivity index (χ3v) is 3.53. The molecular weight excluding hydrogens is 187 g/mol. The van der Waals surface area contributed by atoms with Gasteiger partial charge in [-0.2, -0.15) is 0 Å². The van der Waals surface area contributed by atoms with Crippen molar-refractivity contribution >= 4 is 15.2 Å². The highest BCUT2D eigenvalue weighted by Crippen LogP contribution is 2.10. The average Bonchev–Trinajstić information content (AvgIpc) is 2.22. The molecule has 0 aliphatic carbocycles. The van der Waals surface area contributed by atoms with E-state index in [1.165, 1.54) is 29.8 Å². The summed E-state index contributed by atoms with van der Waals surface area (Å²) in [4.78, 5) is 0. The minimum absolute atomic E-state index is 0.372. The number of rotatable bonds is 7. The molecule has 1 unspecified atom stereocenters. The summed E-state index contributed by atoms with van der Waals surface area (Å²) in [6.45, 7) is 9.19. The van der Waals surface area contributed by atoms with E-state index >= 15 is 0 Å². The number of aliphatic hydroxyl groups excluding tert-OH is 1. The van der Waals surface area contributed by atoms with E-state index in [2.05, 4.69) is 27.7 Å². The van der Waals surface area contributed by atoms with Crippen molar-refractivity contribution in [3.8, 4) is 0 Å². The molecule has 0 amide bonds. The van der Waals surface area contributed by atoms with Crippen LogP contribution in [0.4, 0.5) is 0 Å². The van der Waals surface area contributed by atoms with Gasteiger partial charge in [-0.05, 0) is 12.3 Å². The fourth-order valence-corrected chi connectivity index (χ4v) is 1.78. The Morgan fingerprint density at radius 2 is 1.64 bits per heavy atom. The fourth-order valence-electron chi connectivity index (χ4n) is 1.21. The van der Waals surface area contributed by atoms with Crippen LogP contribution in [0, 0.1) is 5.92 Å². The van der Waals surface area contributed by atoms with E-state index in [1.54, 1.807) is 0 Å². The van der Waals surface area contributed by atoms with Crippen LogP contribution in [-0.2, 0) is 0 Å². The van der Waals surface area contributed by atoms with Crippen molar-refractivity contribution < 1.29 is 5.11 Å². The Morgan fingerprint density at radius 3 is 1.86 bits per heavy atom. The average molecular weight is 215 g/mol. The predicted octanol–water partition coefficient (Wildman–Crippen LogP) is 3.76. The molecule has 0 rings (SSSR count). The van der Waals surface area contributed by atoms with Crippen LogP contribution in [0.5, 0.6) is 0 Å². The molecule has 0 fully saturated rings. The van der Waals surface area contributed by atoms with Gasteiger partial charge in [-0.1, -0.05) is 47.0 Å². The molecule has 0 spiro atoms. The van der Waals surface area contributed by atoms with Crippen molar-refractivity contribution in [3.63, 3.8) is 0 Å². The molecule has 0 aliphatic heterocycles. The van der Waals surface area contributed by atoms with Gasteiger partial charge in [0, 0.05) is 6.61 Å². The molecule has 1 N–H and O–H groups in total. The van der Waals surface area contributed by atoms with E-state index in [-0.39, 0.29) is 0 Å². The first-order chi connectivity index (χ1) is 6.76. The van der Waals surface area contributed by atoms with Crippen LogP contribution in [0.15, 0.2) is 0 Å². The molecule has 1 nitrogen and oxygen atoms in total. The number of aliphatic hydroxyl groups is 1. The van der Waals surface area contributed by atoms with Crippen molar-refractivity contribution in [3.05, 3.63) is 0 Å². The third kappa shape index (κ3) is 15.0. The molecule has 0 saturated heterocycles. The lowest BCUT2D eigenvalue weighted by atomic mass is 10.0. The van der Waals surface area contributed by atoms with Crippen molar-refractivity contribution in [2.45, 2.75) is 63.9 Å². The van der Waals surface area contributed by atoms with Crippen molar-refractivity contribution in [2.24, 2.45) is 5.92 Å². The van der Waals surface area contributed by atoms with Gasteiger partial charge >= 0.3 is 0 Å². The summed E-state index contributed by atoms with van der Waals surface area (Å²) in [5, 5.41) is 11.6. The zero-order chi connectivity index (χ0) is 11.2. The normalized spacial score (nSPS) is 11.5. The maximum absolute atomic E-state index is 8.75. The number of hydrogen-bond acceptors (Lipinski definition) is 1. The molecular formula is C12H28AlO. The van der Waals surface area contributed by atoms with Crippen LogP contribution in [0.3, 0.4) is 0 Å². The fraction of sp³-hybridized carbons (Fsp3) is 1.00. The second kappa shape index (κ2) is 15.9. The molecule has 85 valence electrons. The standard InChI is InChI=1S/C8H18O.2C2H5.Al/c1-3-5-6-8(4-2)7-9;2*1-2;/h8-9H,3-7H2,1-2H3;2*1H2,2H3;. The van der Waals surface area contributed by atoms with E-state index < -0.39 is 0 Å². The Balaban J connectivity index is 0. The Bertz CT molecular complexity index is 80.4. The van der Waals surface area contributed by atoms with Crippen LogP contribution in [0.25, 0.3) is 0 Å². The van der Waals surface area contributed by atoms with Crippen molar-refractivity contribution in [1.82, 2.24) is 0 Å². The second-order valence-corrected chi connectivity index (χ2v) is 5.91. The Morgan fingerprint density at radius 1 is 1.07 bits per heavy atom. The summed E-state index contributed by atoms with van der Waals surface area (Å²) >= 11 is 0.815. The van der Waals surface area contributed by atoms with E-state index in [9.17, 15) is 0 Å². The molecule has 14 heavy (non-hydrogen) atoms. The zero-order valence-electron chi connectivity index (χ0n) is 10.6. The first kappa shape index (κ1) is 16.9. The van der Waals surface area contributed by atoms with Gasteiger partial charge < -0.3 is 5.11 Å². The SMILES string of the molecule is CCCCC(CC)CO.C[CH2][Al][CH2]C.